The molecule has 7 heteroatoms. The fourth-order valence-corrected chi connectivity index (χ4v) is 3.35. The summed E-state index contributed by atoms with van der Waals surface area (Å²) in [7, 11) is 2.79. The van der Waals surface area contributed by atoms with Gasteiger partial charge in [-0.2, -0.15) is 0 Å². The van der Waals surface area contributed by atoms with Gasteiger partial charge in [-0.1, -0.05) is 20.8 Å². The summed E-state index contributed by atoms with van der Waals surface area (Å²) in [6.45, 7) is 11.3. The summed E-state index contributed by atoms with van der Waals surface area (Å²) in [5, 5.41) is 10.2. The Balaban J connectivity index is 2.81. The number of hydrogen-bond donors (Lipinski definition) is 1. The van der Waals surface area contributed by atoms with Crippen LogP contribution in [0.2, 0.25) is 18.1 Å². The van der Waals surface area contributed by atoms with Crippen LogP contribution in [0.15, 0.2) is 0 Å². The van der Waals surface area contributed by atoms with E-state index in [9.17, 15) is 5.11 Å². The van der Waals surface area contributed by atoms with E-state index in [1.165, 1.54) is 7.11 Å². The van der Waals surface area contributed by atoms with Gasteiger partial charge >= 0.3 is 0 Å². The Morgan fingerprint density at radius 1 is 0.955 bits per heavy atom. The molecule has 22 heavy (non-hydrogen) atoms. The van der Waals surface area contributed by atoms with Crippen LogP contribution >= 0.6 is 0 Å². The highest BCUT2D eigenvalue weighted by atomic mass is 28.4. The van der Waals surface area contributed by atoms with Crippen molar-refractivity contribution in [2.75, 3.05) is 27.9 Å². The minimum Gasteiger partial charge on any atom is -0.414 e. The van der Waals surface area contributed by atoms with Crippen LogP contribution in [0.5, 0.6) is 0 Å². The Labute approximate surface area is 135 Å². The molecule has 0 unspecified atom stereocenters. The van der Waals surface area contributed by atoms with E-state index in [0.717, 1.165) is 0 Å². The van der Waals surface area contributed by atoms with Gasteiger partial charge in [0.1, 0.15) is 24.4 Å². The van der Waals surface area contributed by atoms with Gasteiger partial charge in [0.05, 0.1) is 6.61 Å². The Bertz CT molecular complexity index is 343. The van der Waals surface area contributed by atoms with Crippen molar-refractivity contribution in [1.29, 1.82) is 0 Å². The van der Waals surface area contributed by atoms with Crippen LogP contribution in [0.3, 0.4) is 0 Å². The molecule has 1 N–H and O–H groups in total. The number of hydrogen-bond acceptors (Lipinski definition) is 6. The van der Waals surface area contributed by atoms with Gasteiger partial charge in [-0.25, -0.2) is 0 Å². The molecule has 0 amide bonds. The predicted molar refractivity (Wildman–Crippen MR) is 86.4 cm³/mol. The molecule has 0 aromatic heterocycles. The van der Waals surface area contributed by atoms with Crippen molar-refractivity contribution in [3.63, 3.8) is 0 Å². The molecule has 0 aromatic carbocycles. The van der Waals surface area contributed by atoms with Crippen LogP contribution in [0.4, 0.5) is 0 Å². The van der Waals surface area contributed by atoms with Crippen molar-refractivity contribution < 1.29 is 28.5 Å². The molecule has 1 fully saturated rings. The molecule has 1 aliphatic heterocycles. The van der Waals surface area contributed by atoms with Crippen LogP contribution in [0.25, 0.3) is 0 Å². The van der Waals surface area contributed by atoms with E-state index in [1.54, 1.807) is 14.2 Å². The lowest BCUT2D eigenvalue weighted by atomic mass is 9.99. The third-order valence-corrected chi connectivity index (χ3v) is 9.34. The first-order chi connectivity index (χ1) is 10.1. The maximum absolute atomic E-state index is 10.1. The monoisotopic (exact) mass is 336 g/mol. The summed E-state index contributed by atoms with van der Waals surface area (Å²) in [5.74, 6) is 0. The second kappa shape index (κ2) is 7.70. The zero-order valence-corrected chi connectivity index (χ0v) is 16.1. The normalized spacial score (nSPS) is 34.0. The van der Waals surface area contributed by atoms with Gasteiger partial charge in [-0.15, -0.1) is 0 Å². The van der Waals surface area contributed by atoms with Gasteiger partial charge in [0, 0.05) is 21.3 Å². The SMILES string of the molecule is CO[C@@H]1[C@@H](OC)[C@@H](O)O[C@H](CO[Si](C)(C)C(C)(C)C)[C@H]1OC. The lowest BCUT2D eigenvalue weighted by molar-refractivity contribution is -0.298. The van der Waals surface area contributed by atoms with Crippen molar-refractivity contribution in [2.24, 2.45) is 0 Å². The van der Waals surface area contributed by atoms with Crippen molar-refractivity contribution in [3.05, 3.63) is 0 Å². The highest BCUT2D eigenvalue weighted by molar-refractivity contribution is 6.74. The number of aliphatic hydroxyl groups excluding tert-OH is 1. The molecule has 1 saturated heterocycles. The molecule has 0 radical (unpaired) electrons. The predicted octanol–water partition coefficient (Wildman–Crippen LogP) is 1.77. The highest BCUT2D eigenvalue weighted by Crippen LogP contribution is 2.37. The van der Waals surface area contributed by atoms with Gasteiger partial charge in [-0.05, 0) is 18.1 Å². The number of methoxy groups -OCH3 is 3. The summed E-state index contributed by atoms with van der Waals surface area (Å²) in [6.07, 6.45) is -2.81. The van der Waals surface area contributed by atoms with Crippen LogP contribution < -0.4 is 0 Å². The molecule has 0 saturated carbocycles. The summed E-state index contributed by atoms with van der Waals surface area (Å²) in [4.78, 5) is 0. The van der Waals surface area contributed by atoms with Gasteiger partial charge in [0.25, 0.3) is 0 Å². The fourth-order valence-electron chi connectivity index (χ4n) is 2.34. The molecular formula is C15H32O6Si. The van der Waals surface area contributed by atoms with Crippen LogP contribution in [-0.2, 0) is 23.4 Å². The van der Waals surface area contributed by atoms with E-state index in [-0.39, 0.29) is 11.1 Å². The smallest absolute Gasteiger partial charge is 0.192 e. The van der Waals surface area contributed by atoms with Crippen molar-refractivity contribution >= 4 is 8.32 Å². The average Bonchev–Trinajstić information content (AvgIpc) is 2.42. The second-order valence-electron chi connectivity index (χ2n) is 7.24. The van der Waals surface area contributed by atoms with Crippen molar-refractivity contribution in [3.8, 4) is 0 Å². The zero-order valence-electron chi connectivity index (χ0n) is 15.1. The number of rotatable bonds is 6. The molecule has 1 aliphatic rings. The molecule has 6 nitrogen and oxygen atoms in total. The second-order valence-corrected chi connectivity index (χ2v) is 12.0. The van der Waals surface area contributed by atoms with Gasteiger partial charge in [-0.3, -0.25) is 0 Å². The molecule has 0 aromatic rings. The molecule has 1 heterocycles. The third kappa shape index (κ3) is 4.28. The minimum atomic E-state index is -1.90. The largest absolute Gasteiger partial charge is 0.414 e. The molecule has 1 rings (SSSR count). The molecule has 0 aliphatic carbocycles. The Morgan fingerprint density at radius 2 is 1.45 bits per heavy atom. The van der Waals surface area contributed by atoms with Gasteiger partial charge in [0.2, 0.25) is 0 Å². The van der Waals surface area contributed by atoms with E-state index in [2.05, 4.69) is 33.9 Å². The molecular weight excluding hydrogens is 304 g/mol. The first-order valence-electron chi connectivity index (χ1n) is 7.65. The average molecular weight is 337 g/mol. The first kappa shape index (κ1) is 20.0. The maximum Gasteiger partial charge on any atom is 0.192 e. The third-order valence-electron chi connectivity index (χ3n) is 4.84. The maximum atomic E-state index is 10.1. The molecule has 0 bridgehead atoms. The number of ether oxygens (including phenoxy) is 4. The van der Waals surface area contributed by atoms with Crippen LogP contribution in [0.1, 0.15) is 20.8 Å². The summed E-state index contributed by atoms with van der Waals surface area (Å²) < 4.78 is 28.1. The Morgan fingerprint density at radius 3 is 1.86 bits per heavy atom. The van der Waals surface area contributed by atoms with E-state index in [4.69, 9.17) is 23.4 Å². The number of aliphatic hydroxyl groups is 1. The highest BCUT2D eigenvalue weighted by Gasteiger charge is 2.47. The lowest BCUT2D eigenvalue weighted by Crippen LogP contribution is -2.61. The zero-order chi connectivity index (χ0) is 17.1. The van der Waals surface area contributed by atoms with Gasteiger partial charge < -0.3 is 28.5 Å². The van der Waals surface area contributed by atoms with E-state index < -0.39 is 32.9 Å². The minimum absolute atomic E-state index is 0.110. The van der Waals surface area contributed by atoms with E-state index >= 15 is 0 Å². The summed E-state index contributed by atoms with van der Waals surface area (Å²) >= 11 is 0. The van der Waals surface area contributed by atoms with Crippen molar-refractivity contribution in [2.45, 2.75) is 69.6 Å². The fraction of sp³-hybridized carbons (Fsp3) is 1.00. The summed E-state index contributed by atoms with van der Waals surface area (Å²) in [6, 6.07) is 0. The molecule has 0 spiro atoms. The standard InChI is InChI=1S/C15H32O6Si/c1-15(2,3)22(7,8)20-9-10-11(17-4)12(18-5)13(19-6)14(16)21-10/h10-14,16H,9H2,1-8H3/t10-,11-,12+,13-,14+/m1/s1. The van der Waals surface area contributed by atoms with Gasteiger partial charge in [0.15, 0.2) is 14.6 Å². The van der Waals surface area contributed by atoms with Crippen LogP contribution in [0, 0.1) is 0 Å². The van der Waals surface area contributed by atoms with Crippen LogP contribution in [-0.4, -0.2) is 72.1 Å². The first-order valence-corrected chi connectivity index (χ1v) is 10.6. The van der Waals surface area contributed by atoms with E-state index in [0.29, 0.717) is 6.61 Å². The quantitative estimate of drug-likeness (QED) is 0.746. The van der Waals surface area contributed by atoms with E-state index in [1.807, 2.05) is 0 Å². The Hall–Kier alpha value is -0.0231. The topological polar surface area (TPSA) is 66.4 Å². The Kier molecular flexibility index (Phi) is 7.01. The molecule has 132 valence electrons. The lowest BCUT2D eigenvalue weighted by Gasteiger charge is -2.44. The summed E-state index contributed by atoms with van der Waals surface area (Å²) in [5.41, 5.74) is 0. The van der Waals surface area contributed by atoms with Crippen molar-refractivity contribution in [1.82, 2.24) is 0 Å². The molecule has 5 atom stereocenters.